The van der Waals surface area contributed by atoms with Crippen molar-refractivity contribution in [2.75, 3.05) is 25.9 Å². The first-order valence-corrected chi connectivity index (χ1v) is 15.1. The SMILES string of the molecule is CN=C(N)NCCC[C@H](NC(=O)[C@H](CS)NC(C)=O)C(=O)NCC(=O)N[C@@H](CC(=O)O)C(=O)N[C@H](C(N)=O)[C@H](S)c1ccccc1. The molecular weight excluding hydrogens is 642 g/mol. The van der Waals surface area contributed by atoms with E-state index in [1.165, 1.54) is 14.0 Å². The summed E-state index contributed by atoms with van der Waals surface area (Å²) in [7, 11) is 1.48. The summed E-state index contributed by atoms with van der Waals surface area (Å²) in [5.74, 6) is -6.22. The quantitative estimate of drug-likeness (QED) is 0.0303. The maximum Gasteiger partial charge on any atom is 0.305 e. The normalized spacial score (nSPS) is 14.3. The Hall–Kier alpha value is -4.52. The number of nitrogens with two attached hydrogens (primary N) is 2. The van der Waals surface area contributed by atoms with Gasteiger partial charge in [0.2, 0.25) is 35.4 Å². The van der Waals surface area contributed by atoms with Gasteiger partial charge in [-0.3, -0.25) is 38.6 Å². The van der Waals surface area contributed by atoms with Gasteiger partial charge in [-0.1, -0.05) is 30.3 Å². The average molecular weight is 684 g/mol. The van der Waals surface area contributed by atoms with Crippen LogP contribution in [-0.2, 0) is 33.6 Å². The van der Waals surface area contributed by atoms with E-state index in [0.29, 0.717) is 18.5 Å². The van der Waals surface area contributed by atoms with Gasteiger partial charge in [0, 0.05) is 26.3 Å². The Balaban J connectivity index is 2.96. The Morgan fingerprint density at radius 3 is 2.04 bits per heavy atom. The number of carbonyl (C=O) groups is 7. The molecule has 0 radical (unpaired) electrons. The molecule has 0 spiro atoms. The van der Waals surface area contributed by atoms with Crippen molar-refractivity contribution in [1.82, 2.24) is 31.9 Å². The minimum Gasteiger partial charge on any atom is -0.481 e. The highest BCUT2D eigenvalue weighted by molar-refractivity contribution is 7.80. The van der Waals surface area contributed by atoms with Gasteiger partial charge in [-0.2, -0.15) is 25.3 Å². The number of guanidine groups is 1. The predicted molar refractivity (Wildman–Crippen MR) is 175 cm³/mol. The van der Waals surface area contributed by atoms with E-state index in [-0.39, 0.29) is 18.1 Å². The van der Waals surface area contributed by atoms with Crippen molar-refractivity contribution in [3.63, 3.8) is 0 Å². The first-order valence-electron chi connectivity index (χ1n) is 14.0. The molecule has 0 aromatic heterocycles. The predicted octanol–water partition coefficient (Wildman–Crippen LogP) is -3.06. The molecule has 19 heteroatoms. The molecule has 1 aromatic rings. The number of thiol groups is 2. The zero-order valence-electron chi connectivity index (χ0n) is 25.3. The lowest BCUT2D eigenvalue weighted by atomic mass is 10.0. The molecule has 46 heavy (non-hydrogen) atoms. The highest BCUT2D eigenvalue weighted by Crippen LogP contribution is 2.23. The van der Waals surface area contributed by atoms with Crippen LogP contribution in [0.5, 0.6) is 0 Å². The van der Waals surface area contributed by atoms with Gasteiger partial charge in [0.15, 0.2) is 5.96 Å². The second kappa shape index (κ2) is 20.5. The van der Waals surface area contributed by atoms with Gasteiger partial charge in [-0.15, -0.1) is 0 Å². The van der Waals surface area contributed by atoms with E-state index in [0.717, 1.165) is 0 Å². The third-order valence-electron chi connectivity index (χ3n) is 6.24. The van der Waals surface area contributed by atoms with Crippen molar-refractivity contribution >= 4 is 72.6 Å². The first kappa shape index (κ1) is 39.5. The van der Waals surface area contributed by atoms with Crippen LogP contribution in [0.3, 0.4) is 0 Å². The highest BCUT2D eigenvalue weighted by Gasteiger charge is 2.32. The molecule has 254 valence electrons. The van der Waals surface area contributed by atoms with Crippen LogP contribution in [0.4, 0.5) is 0 Å². The summed E-state index contributed by atoms with van der Waals surface area (Å²) in [6.07, 6.45) is -0.458. The molecule has 0 aliphatic rings. The molecule has 5 atom stereocenters. The molecule has 0 unspecified atom stereocenters. The number of rotatable bonds is 19. The number of amides is 6. The van der Waals surface area contributed by atoms with Gasteiger partial charge in [0.25, 0.3) is 0 Å². The van der Waals surface area contributed by atoms with Gasteiger partial charge in [-0.25, -0.2) is 0 Å². The summed E-state index contributed by atoms with van der Waals surface area (Å²) >= 11 is 8.43. The van der Waals surface area contributed by atoms with Crippen LogP contribution < -0.4 is 43.4 Å². The number of hydrogen-bond acceptors (Lipinski definition) is 10. The maximum absolute atomic E-state index is 13.0. The van der Waals surface area contributed by atoms with Gasteiger partial charge in [-0.05, 0) is 18.4 Å². The van der Waals surface area contributed by atoms with Gasteiger partial charge >= 0.3 is 5.97 Å². The molecule has 6 amide bonds. The molecule has 17 nitrogen and oxygen atoms in total. The van der Waals surface area contributed by atoms with Crippen molar-refractivity contribution in [3.8, 4) is 0 Å². The third-order valence-corrected chi connectivity index (χ3v) is 7.20. The molecule has 0 fully saturated rings. The molecule has 0 heterocycles. The minimum absolute atomic E-state index is 0.0594. The van der Waals surface area contributed by atoms with Crippen LogP contribution in [0, 0.1) is 0 Å². The average Bonchev–Trinajstić information content (AvgIpc) is 3.01. The van der Waals surface area contributed by atoms with E-state index in [2.05, 4.69) is 62.2 Å². The fraction of sp³-hybridized carbons (Fsp3) is 0.481. The van der Waals surface area contributed by atoms with Crippen molar-refractivity contribution in [1.29, 1.82) is 0 Å². The highest BCUT2D eigenvalue weighted by atomic mass is 32.1. The molecule has 0 saturated heterocycles. The first-order chi connectivity index (χ1) is 21.7. The number of benzene rings is 1. The second-order valence-electron chi connectivity index (χ2n) is 9.85. The monoisotopic (exact) mass is 683 g/mol. The Bertz CT molecular complexity index is 1270. The van der Waals surface area contributed by atoms with Crippen LogP contribution in [0.15, 0.2) is 35.3 Å². The second-order valence-corrected chi connectivity index (χ2v) is 10.8. The third kappa shape index (κ3) is 14.5. The van der Waals surface area contributed by atoms with Gasteiger partial charge in [0.1, 0.15) is 24.2 Å². The fourth-order valence-corrected chi connectivity index (χ4v) is 4.56. The summed E-state index contributed by atoms with van der Waals surface area (Å²) in [5, 5.41) is 23.1. The standard InChI is InChI=1S/C27H41N9O8S2/c1-14(37)33-18(13-45)26(44)35-16(9-6-10-31-27(29)30-2)24(42)32-12-19(38)34-17(11-20(39)40)25(43)36-21(23(28)41)22(46)15-7-4-3-5-8-15/h3-5,7-8,16-18,21-22,45-46H,6,9-13H2,1-2H3,(H2,28,41)(H,32,42)(H,33,37)(H,34,38)(H,35,44)(H,36,43)(H,39,40)(H3,29,30,31)/t16-,17-,18-,21-,22+/m0/s1. The molecule has 0 saturated carbocycles. The molecule has 0 aliphatic heterocycles. The van der Waals surface area contributed by atoms with Crippen molar-refractivity contribution in [3.05, 3.63) is 35.9 Å². The van der Waals surface area contributed by atoms with Crippen LogP contribution >= 0.6 is 25.3 Å². The van der Waals surface area contributed by atoms with E-state index in [4.69, 9.17) is 11.5 Å². The summed E-state index contributed by atoms with van der Waals surface area (Å²) in [6, 6.07) is 3.19. The minimum atomic E-state index is -1.65. The van der Waals surface area contributed by atoms with Crippen LogP contribution in [0.1, 0.15) is 37.0 Å². The zero-order chi connectivity index (χ0) is 34.8. The molecule has 0 bridgehead atoms. The maximum atomic E-state index is 13.0. The molecule has 11 N–H and O–H groups in total. The summed E-state index contributed by atoms with van der Waals surface area (Å²) in [6.45, 7) is 0.799. The Kier molecular flexibility index (Phi) is 17.6. The molecule has 0 aliphatic carbocycles. The number of aliphatic carboxylic acids is 1. The Morgan fingerprint density at radius 1 is 0.870 bits per heavy atom. The Labute approximate surface area is 276 Å². The number of hydrogen-bond donors (Lipinski definition) is 11. The summed E-state index contributed by atoms with van der Waals surface area (Å²) in [4.78, 5) is 90.2. The zero-order valence-corrected chi connectivity index (χ0v) is 27.1. The number of carbonyl (C=O) groups excluding carboxylic acids is 6. The molecular formula is C27H41N9O8S2. The van der Waals surface area contributed by atoms with E-state index < -0.39 is 83.8 Å². The van der Waals surface area contributed by atoms with Crippen LogP contribution in [0.2, 0.25) is 0 Å². The number of nitrogens with one attached hydrogen (secondary N) is 6. The number of carboxylic acid groups (broad SMARTS) is 1. The van der Waals surface area contributed by atoms with E-state index in [1.54, 1.807) is 30.3 Å². The topological polar surface area (TPSA) is 276 Å². The van der Waals surface area contributed by atoms with Crippen molar-refractivity contribution in [2.24, 2.45) is 16.5 Å². The van der Waals surface area contributed by atoms with Crippen molar-refractivity contribution in [2.45, 2.75) is 55.6 Å². The van der Waals surface area contributed by atoms with Gasteiger partial charge < -0.3 is 48.5 Å². The molecule has 1 aromatic carbocycles. The Morgan fingerprint density at radius 2 is 1.50 bits per heavy atom. The van der Waals surface area contributed by atoms with E-state index in [9.17, 15) is 38.7 Å². The van der Waals surface area contributed by atoms with Crippen LogP contribution in [-0.4, -0.2) is 103 Å². The smallest absolute Gasteiger partial charge is 0.305 e. The van der Waals surface area contributed by atoms with E-state index >= 15 is 0 Å². The fourth-order valence-electron chi connectivity index (χ4n) is 3.90. The van der Waals surface area contributed by atoms with E-state index in [1.807, 2.05) is 0 Å². The number of nitrogens with zero attached hydrogens (tertiary/aromatic N) is 1. The largest absolute Gasteiger partial charge is 0.481 e. The lowest BCUT2D eigenvalue weighted by molar-refractivity contribution is -0.141. The number of carboxylic acids is 1. The van der Waals surface area contributed by atoms with Crippen LogP contribution in [0.25, 0.3) is 0 Å². The molecule has 1 rings (SSSR count). The summed E-state index contributed by atoms with van der Waals surface area (Å²) < 4.78 is 0. The van der Waals surface area contributed by atoms with Crippen molar-refractivity contribution < 1.29 is 38.7 Å². The lowest BCUT2D eigenvalue weighted by Crippen LogP contribution is -2.57. The lowest BCUT2D eigenvalue weighted by Gasteiger charge is -2.25. The van der Waals surface area contributed by atoms with Gasteiger partial charge in [0.05, 0.1) is 18.2 Å². The summed E-state index contributed by atoms with van der Waals surface area (Å²) in [5.41, 5.74) is 11.6. The number of primary amides is 1. The number of aliphatic imine (C=N–C) groups is 1.